The Morgan fingerprint density at radius 2 is 0.918 bits per heavy atom. The smallest absolute Gasteiger partial charge is 0.164 e. The van der Waals surface area contributed by atoms with Crippen molar-refractivity contribution >= 4 is 31.5 Å². The second-order valence-corrected chi connectivity index (χ2v) is 12.2. The van der Waals surface area contributed by atoms with Gasteiger partial charge in [0.1, 0.15) is 0 Å². The molecule has 0 bridgehead atoms. The second kappa shape index (κ2) is 12.4. The maximum absolute atomic E-state index is 9.34. The van der Waals surface area contributed by atoms with Gasteiger partial charge in [-0.2, -0.15) is 0 Å². The molecule has 2 aromatic heterocycles. The molecule has 0 spiro atoms. The molecular weight excluding hydrogens is 615 g/mol. The minimum absolute atomic E-state index is 0.00833. The number of rotatable bonds is 6. The summed E-state index contributed by atoms with van der Waals surface area (Å²) in [6, 6.07) is 29.3. The molecule has 7 aromatic carbocycles. The van der Waals surface area contributed by atoms with E-state index in [0.717, 1.165) is 33.6 Å². The fourth-order valence-corrected chi connectivity index (χ4v) is 6.78. The maximum atomic E-state index is 9.34. The summed E-state index contributed by atoms with van der Waals surface area (Å²) in [5, 5.41) is -0.0345. The van der Waals surface area contributed by atoms with E-state index in [1.54, 1.807) is 0 Å². The van der Waals surface area contributed by atoms with Crippen LogP contribution in [0.1, 0.15) is 15.1 Å². The highest BCUT2D eigenvalue weighted by molar-refractivity contribution is 7.26. The molecule has 0 fully saturated rings. The molecule has 230 valence electrons. The Hall–Kier alpha value is -6.23. The Bertz CT molecular complexity index is 3180. The molecule has 49 heavy (non-hydrogen) atoms. The van der Waals surface area contributed by atoms with E-state index in [-0.39, 0.29) is 60.4 Å². The topological polar surface area (TPSA) is 38.7 Å². The van der Waals surface area contributed by atoms with E-state index in [2.05, 4.69) is 0 Å². The number of thiophene rings is 1. The first-order valence-corrected chi connectivity index (χ1v) is 16.3. The maximum Gasteiger partial charge on any atom is 0.164 e. The summed E-state index contributed by atoms with van der Waals surface area (Å²) in [6.45, 7) is 0. The van der Waals surface area contributed by atoms with E-state index in [1.165, 1.54) is 0 Å². The molecule has 9 aromatic rings. The third-order valence-corrected chi connectivity index (χ3v) is 9.27. The van der Waals surface area contributed by atoms with Crippen molar-refractivity contribution < 1.29 is 15.1 Å². The van der Waals surface area contributed by atoms with Crippen LogP contribution in [0.2, 0.25) is 0 Å². The molecule has 3 nitrogen and oxygen atoms in total. The second-order valence-electron chi connectivity index (χ2n) is 11.2. The third kappa shape index (κ3) is 5.58. The Labute approximate surface area is 304 Å². The van der Waals surface area contributed by atoms with Gasteiger partial charge in [-0.15, -0.1) is 11.3 Å². The molecule has 0 aliphatic rings. The molecule has 0 saturated heterocycles. The lowest BCUT2D eigenvalue weighted by Gasteiger charge is -2.11. The van der Waals surface area contributed by atoms with Crippen LogP contribution in [0.25, 0.3) is 87.7 Å². The molecule has 0 unspecified atom stereocenters. The Morgan fingerprint density at radius 1 is 0.388 bits per heavy atom. The van der Waals surface area contributed by atoms with Crippen molar-refractivity contribution in [1.29, 1.82) is 0 Å². The van der Waals surface area contributed by atoms with Crippen LogP contribution in [-0.2, 0) is 0 Å². The third-order valence-electron chi connectivity index (χ3n) is 8.15. The predicted molar refractivity (Wildman–Crippen MR) is 205 cm³/mol. The average Bonchev–Trinajstić information content (AvgIpc) is 3.69. The molecule has 9 rings (SSSR count). The lowest BCUT2D eigenvalue weighted by atomic mass is 10.0. The highest BCUT2D eigenvalue weighted by Gasteiger charge is 2.15. The SMILES string of the molecule is [2H]c1c([2H])c(-c2c([2H])c([2H])c([2H])c3c2sc2c([2H])c([2H])c([2H])c([2H])c23)c([2H])c([2H])c1-c1nc(-c2ccc(-c3ccccc3)cc2)nc(-c2cccc(-c3ccccc3)c2)n1. The summed E-state index contributed by atoms with van der Waals surface area (Å²) < 4.78 is 97.7. The first-order valence-electron chi connectivity index (χ1n) is 21.0. The van der Waals surface area contributed by atoms with Gasteiger partial charge in [0.2, 0.25) is 0 Å². The molecule has 0 atom stereocenters. The van der Waals surface area contributed by atoms with Crippen LogP contribution in [0.15, 0.2) is 176 Å². The van der Waals surface area contributed by atoms with Crippen LogP contribution in [0, 0.1) is 0 Å². The molecule has 2 heterocycles. The lowest BCUT2D eigenvalue weighted by molar-refractivity contribution is 1.07. The van der Waals surface area contributed by atoms with Crippen LogP contribution in [0.4, 0.5) is 0 Å². The van der Waals surface area contributed by atoms with Crippen molar-refractivity contribution in [1.82, 2.24) is 15.0 Å². The Balaban J connectivity index is 1.27. The van der Waals surface area contributed by atoms with Gasteiger partial charge >= 0.3 is 0 Å². The van der Waals surface area contributed by atoms with Crippen LogP contribution in [-0.4, -0.2) is 15.0 Å². The van der Waals surface area contributed by atoms with Gasteiger partial charge in [-0.25, -0.2) is 15.0 Å². The number of aromatic nitrogens is 3. The van der Waals surface area contributed by atoms with Crippen molar-refractivity contribution in [3.63, 3.8) is 0 Å². The summed E-state index contributed by atoms with van der Waals surface area (Å²) in [5.74, 6) is 0.331. The molecule has 0 N–H and O–H groups in total. The predicted octanol–water partition coefficient (Wildman–Crippen LogP) is 12.2. The van der Waals surface area contributed by atoms with Gasteiger partial charge in [0.15, 0.2) is 17.5 Å². The molecule has 0 aliphatic carbocycles. The highest BCUT2D eigenvalue weighted by Crippen LogP contribution is 2.40. The summed E-state index contributed by atoms with van der Waals surface area (Å²) >= 11 is 0.855. The van der Waals surface area contributed by atoms with Crippen LogP contribution < -0.4 is 0 Å². The summed E-state index contributed by atoms with van der Waals surface area (Å²) in [6.07, 6.45) is 0. The summed E-state index contributed by atoms with van der Waals surface area (Å²) in [5.41, 5.74) is 4.36. The van der Waals surface area contributed by atoms with Crippen molar-refractivity contribution in [3.05, 3.63) is 176 Å². The first kappa shape index (κ1) is 19.6. The largest absolute Gasteiger partial charge is 0.208 e. The monoisotopic (exact) mass is 654 g/mol. The van der Waals surface area contributed by atoms with Gasteiger partial charge in [-0.1, -0.05) is 164 Å². The van der Waals surface area contributed by atoms with E-state index in [9.17, 15) is 5.48 Å². The zero-order chi connectivity index (χ0) is 42.1. The fourth-order valence-electron chi connectivity index (χ4n) is 5.71. The van der Waals surface area contributed by atoms with Gasteiger partial charge in [-0.05, 0) is 45.5 Å². The van der Waals surface area contributed by atoms with E-state index >= 15 is 0 Å². The Morgan fingerprint density at radius 3 is 1.65 bits per heavy atom. The van der Waals surface area contributed by atoms with Gasteiger partial charge < -0.3 is 0 Å². The van der Waals surface area contributed by atoms with Gasteiger partial charge in [0, 0.05) is 36.9 Å². The average molecular weight is 655 g/mol. The number of nitrogens with zero attached hydrogens (tertiary/aromatic N) is 3. The van der Waals surface area contributed by atoms with Crippen molar-refractivity contribution in [2.75, 3.05) is 0 Å². The summed E-state index contributed by atoms with van der Waals surface area (Å²) in [7, 11) is 0. The van der Waals surface area contributed by atoms with Crippen LogP contribution in [0.5, 0.6) is 0 Å². The molecular formula is C45H29N3S. The zero-order valence-electron chi connectivity index (χ0n) is 36.6. The van der Waals surface area contributed by atoms with Crippen LogP contribution >= 0.6 is 11.3 Å². The van der Waals surface area contributed by atoms with E-state index in [1.807, 2.05) is 109 Å². The number of hydrogen-bond acceptors (Lipinski definition) is 4. The highest BCUT2D eigenvalue weighted by atomic mass is 32.1. The van der Waals surface area contributed by atoms with Gasteiger partial charge in [-0.3, -0.25) is 0 Å². The van der Waals surface area contributed by atoms with Crippen LogP contribution in [0.3, 0.4) is 0 Å². The molecule has 0 radical (unpaired) electrons. The van der Waals surface area contributed by atoms with E-state index in [0.29, 0.717) is 11.1 Å². The molecule has 0 amide bonds. The minimum Gasteiger partial charge on any atom is -0.208 e. The van der Waals surface area contributed by atoms with Crippen molar-refractivity contribution in [2.24, 2.45) is 0 Å². The van der Waals surface area contributed by atoms with E-state index < -0.39 is 60.4 Å². The molecule has 0 aliphatic heterocycles. The number of hydrogen-bond donors (Lipinski definition) is 0. The zero-order valence-corrected chi connectivity index (χ0v) is 26.5. The van der Waals surface area contributed by atoms with Gasteiger partial charge in [0.25, 0.3) is 0 Å². The Kier molecular flexibility index (Phi) is 4.96. The molecule has 0 saturated carbocycles. The van der Waals surface area contributed by atoms with Crippen molar-refractivity contribution in [2.45, 2.75) is 0 Å². The standard InChI is InChI=1S/C45H29N3S/c1-3-11-30(12-4-1)32-21-25-34(26-22-32)43-46-44(48-45(47-43)37-16-9-15-36(29-37)31-13-5-2-6-14-31)35-27-23-33(24-28-35)38-18-10-19-40-39-17-7-8-20-41(39)49-42(38)40/h1-29H/i7D,8D,10D,17D,18D,19D,20D,23D,24D,27D,28D. The minimum atomic E-state index is -0.590. The van der Waals surface area contributed by atoms with Gasteiger partial charge in [0.05, 0.1) is 15.1 Å². The first-order chi connectivity index (χ1) is 28.8. The fraction of sp³-hybridized carbons (Fsp3) is 0. The summed E-state index contributed by atoms with van der Waals surface area (Å²) in [4.78, 5) is 14.4. The number of benzene rings is 7. The normalized spacial score (nSPS) is 14.4. The quantitative estimate of drug-likeness (QED) is 0.179. The lowest BCUT2D eigenvalue weighted by Crippen LogP contribution is -2.00. The van der Waals surface area contributed by atoms with E-state index in [4.69, 9.17) is 24.5 Å². The number of fused-ring (bicyclic) bond motifs is 3. The van der Waals surface area contributed by atoms with Crippen molar-refractivity contribution in [3.8, 4) is 67.5 Å². The molecule has 4 heteroatoms.